The quantitative estimate of drug-likeness (QED) is 0.842. The second-order valence-electron chi connectivity index (χ2n) is 4.78. The summed E-state index contributed by atoms with van der Waals surface area (Å²) in [6.45, 7) is 0. The summed E-state index contributed by atoms with van der Waals surface area (Å²) in [5.41, 5.74) is 0.811. The molecule has 0 atom stereocenters. The van der Waals surface area contributed by atoms with E-state index in [1.165, 1.54) is 5.56 Å². The number of carboxylic acids is 1. The first kappa shape index (κ1) is 11.2. The lowest BCUT2D eigenvalue weighted by molar-refractivity contribution is -0.149. The number of hydrogen-bond donors (Lipinski definition) is 1. The minimum Gasteiger partial charge on any atom is -0.481 e. The number of aryl methyl sites for hydroxylation is 1. The SMILES string of the molecule is O=C(O)C1(CCc2ccccc2)CCCC1. The van der Waals surface area contributed by atoms with Crippen molar-refractivity contribution in [2.24, 2.45) is 5.41 Å². The molecule has 16 heavy (non-hydrogen) atoms. The van der Waals surface area contributed by atoms with Crippen LogP contribution in [0.3, 0.4) is 0 Å². The summed E-state index contributed by atoms with van der Waals surface area (Å²) in [4.78, 5) is 11.3. The van der Waals surface area contributed by atoms with Crippen molar-refractivity contribution in [3.05, 3.63) is 35.9 Å². The second-order valence-corrected chi connectivity index (χ2v) is 4.78. The molecule has 0 aromatic heterocycles. The van der Waals surface area contributed by atoms with Gasteiger partial charge in [-0.15, -0.1) is 0 Å². The lowest BCUT2D eigenvalue weighted by Gasteiger charge is -2.23. The van der Waals surface area contributed by atoms with E-state index in [4.69, 9.17) is 0 Å². The maximum atomic E-state index is 11.3. The summed E-state index contributed by atoms with van der Waals surface area (Å²) in [5, 5.41) is 9.34. The largest absolute Gasteiger partial charge is 0.481 e. The Labute approximate surface area is 96.3 Å². The first-order valence-corrected chi connectivity index (χ1v) is 6.00. The van der Waals surface area contributed by atoms with Crippen molar-refractivity contribution in [2.45, 2.75) is 38.5 Å². The number of carboxylic acid groups (broad SMARTS) is 1. The van der Waals surface area contributed by atoms with Crippen molar-refractivity contribution in [2.75, 3.05) is 0 Å². The molecule has 0 unspecified atom stereocenters. The van der Waals surface area contributed by atoms with Gasteiger partial charge in [-0.25, -0.2) is 0 Å². The highest BCUT2D eigenvalue weighted by molar-refractivity contribution is 5.75. The van der Waals surface area contributed by atoms with E-state index in [0.717, 1.165) is 38.5 Å². The van der Waals surface area contributed by atoms with E-state index in [1.807, 2.05) is 18.2 Å². The van der Waals surface area contributed by atoms with Gasteiger partial charge in [-0.3, -0.25) is 4.79 Å². The Balaban J connectivity index is 2.00. The molecule has 0 spiro atoms. The van der Waals surface area contributed by atoms with Crippen LogP contribution in [0.25, 0.3) is 0 Å². The zero-order valence-corrected chi connectivity index (χ0v) is 9.48. The van der Waals surface area contributed by atoms with E-state index in [9.17, 15) is 9.90 Å². The lowest BCUT2D eigenvalue weighted by atomic mass is 9.80. The number of aliphatic carboxylic acids is 1. The molecule has 0 amide bonds. The zero-order chi connectivity index (χ0) is 11.4. The Bertz CT molecular complexity index is 350. The molecule has 1 aliphatic carbocycles. The molecule has 2 rings (SSSR count). The van der Waals surface area contributed by atoms with E-state index in [0.29, 0.717) is 0 Å². The van der Waals surface area contributed by atoms with Gasteiger partial charge >= 0.3 is 5.97 Å². The molecule has 0 heterocycles. The van der Waals surface area contributed by atoms with Crippen LogP contribution in [0.15, 0.2) is 30.3 Å². The highest BCUT2D eigenvalue weighted by atomic mass is 16.4. The van der Waals surface area contributed by atoms with Gasteiger partial charge in [-0.1, -0.05) is 43.2 Å². The van der Waals surface area contributed by atoms with Crippen molar-refractivity contribution in [1.82, 2.24) is 0 Å². The summed E-state index contributed by atoms with van der Waals surface area (Å²) in [6, 6.07) is 10.2. The average molecular weight is 218 g/mol. The summed E-state index contributed by atoms with van der Waals surface area (Å²) >= 11 is 0. The van der Waals surface area contributed by atoms with Crippen LogP contribution >= 0.6 is 0 Å². The zero-order valence-electron chi connectivity index (χ0n) is 9.48. The first-order valence-electron chi connectivity index (χ1n) is 6.00. The van der Waals surface area contributed by atoms with Gasteiger partial charge in [-0.05, 0) is 31.2 Å². The fourth-order valence-electron chi connectivity index (χ4n) is 2.65. The third-order valence-corrected chi connectivity index (χ3v) is 3.75. The summed E-state index contributed by atoms with van der Waals surface area (Å²) in [6.07, 6.45) is 5.52. The van der Waals surface area contributed by atoms with Gasteiger partial charge in [0.25, 0.3) is 0 Å². The van der Waals surface area contributed by atoms with Gasteiger partial charge in [0.2, 0.25) is 0 Å². The van der Waals surface area contributed by atoms with Crippen LogP contribution in [-0.2, 0) is 11.2 Å². The third kappa shape index (κ3) is 2.26. The second kappa shape index (κ2) is 4.69. The van der Waals surface area contributed by atoms with Crippen molar-refractivity contribution in [3.8, 4) is 0 Å². The molecule has 1 fully saturated rings. The molecule has 1 saturated carbocycles. The highest BCUT2D eigenvalue weighted by Gasteiger charge is 2.40. The van der Waals surface area contributed by atoms with Crippen LogP contribution in [0.4, 0.5) is 0 Å². The molecule has 1 N–H and O–H groups in total. The van der Waals surface area contributed by atoms with Gasteiger partial charge < -0.3 is 5.11 Å². The van der Waals surface area contributed by atoms with Crippen LogP contribution in [0.2, 0.25) is 0 Å². The Morgan fingerprint density at radius 1 is 1.19 bits per heavy atom. The molecule has 0 radical (unpaired) electrons. The third-order valence-electron chi connectivity index (χ3n) is 3.75. The van der Waals surface area contributed by atoms with E-state index in [-0.39, 0.29) is 0 Å². The predicted octanol–water partition coefficient (Wildman–Crippen LogP) is 3.26. The summed E-state index contributed by atoms with van der Waals surface area (Å²) in [5.74, 6) is -0.596. The molecule has 2 nitrogen and oxygen atoms in total. The fourth-order valence-corrected chi connectivity index (χ4v) is 2.65. The smallest absolute Gasteiger partial charge is 0.309 e. The Kier molecular flexibility index (Phi) is 3.28. The minimum absolute atomic E-state index is 0.435. The number of hydrogen-bond acceptors (Lipinski definition) is 1. The molecule has 2 heteroatoms. The average Bonchev–Trinajstić information content (AvgIpc) is 2.78. The molecule has 1 aromatic rings. The van der Waals surface area contributed by atoms with Gasteiger partial charge in [0.15, 0.2) is 0 Å². The topological polar surface area (TPSA) is 37.3 Å². The van der Waals surface area contributed by atoms with E-state index >= 15 is 0 Å². The molecule has 0 aliphatic heterocycles. The Hall–Kier alpha value is -1.31. The molecule has 0 bridgehead atoms. The molecular weight excluding hydrogens is 200 g/mol. The van der Waals surface area contributed by atoms with Crippen LogP contribution < -0.4 is 0 Å². The van der Waals surface area contributed by atoms with Crippen LogP contribution in [0.5, 0.6) is 0 Å². The van der Waals surface area contributed by atoms with Crippen molar-refractivity contribution in [1.29, 1.82) is 0 Å². The Morgan fingerprint density at radius 3 is 2.38 bits per heavy atom. The van der Waals surface area contributed by atoms with Gasteiger partial charge in [0.1, 0.15) is 0 Å². The van der Waals surface area contributed by atoms with Crippen LogP contribution in [0, 0.1) is 5.41 Å². The van der Waals surface area contributed by atoms with Crippen LogP contribution in [-0.4, -0.2) is 11.1 Å². The van der Waals surface area contributed by atoms with Gasteiger partial charge in [0, 0.05) is 0 Å². The normalized spacial score (nSPS) is 18.5. The number of carbonyl (C=O) groups is 1. The lowest BCUT2D eigenvalue weighted by Crippen LogP contribution is -2.28. The van der Waals surface area contributed by atoms with E-state index < -0.39 is 11.4 Å². The van der Waals surface area contributed by atoms with Crippen molar-refractivity contribution in [3.63, 3.8) is 0 Å². The summed E-state index contributed by atoms with van der Waals surface area (Å²) in [7, 11) is 0. The molecule has 86 valence electrons. The van der Waals surface area contributed by atoms with Gasteiger partial charge in [-0.2, -0.15) is 0 Å². The van der Waals surface area contributed by atoms with E-state index in [2.05, 4.69) is 12.1 Å². The van der Waals surface area contributed by atoms with Crippen molar-refractivity contribution >= 4 is 5.97 Å². The number of benzene rings is 1. The molecular formula is C14H18O2. The monoisotopic (exact) mass is 218 g/mol. The Morgan fingerprint density at radius 2 is 1.81 bits per heavy atom. The number of rotatable bonds is 4. The minimum atomic E-state index is -0.596. The summed E-state index contributed by atoms with van der Waals surface area (Å²) < 4.78 is 0. The maximum absolute atomic E-state index is 11.3. The fraction of sp³-hybridized carbons (Fsp3) is 0.500. The maximum Gasteiger partial charge on any atom is 0.309 e. The molecule has 1 aromatic carbocycles. The molecule has 1 aliphatic rings. The van der Waals surface area contributed by atoms with Crippen molar-refractivity contribution < 1.29 is 9.90 Å². The van der Waals surface area contributed by atoms with Crippen LogP contribution in [0.1, 0.15) is 37.7 Å². The standard InChI is InChI=1S/C14H18O2/c15-13(16)14(9-4-5-10-14)11-8-12-6-2-1-3-7-12/h1-3,6-7H,4-5,8-11H2,(H,15,16). The van der Waals surface area contributed by atoms with Gasteiger partial charge in [0.05, 0.1) is 5.41 Å². The molecule has 0 saturated heterocycles. The van der Waals surface area contributed by atoms with E-state index in [1.54, 1.807) is 0 Å². The predicted molar refractivity (Wildman–Crippen MR) is 63.3 cm³/mol. The first-order chi connectivity index (χ1) is 7.73. The highest BCUT2D eigenvalue weighted by Crippen LogP contribution is 2.42.